The van der Waals surface area contributed by atoms with Gasteiger partial charge in [-0.25, -0.2) is 17.9 Å². The van der Waals surface area contributed by atoms with Crippen molar-refractivity contribution in [3.63, 3.8) is 0 Å². The summed E-state index contributed by atoms with van der Waals surface area (Å²) in [6.45, 7) is 2.33. The predicted octanol–water partition coefficient (Wildman–Crippen LogP) is 2.80. The molecular formula is C21H21N3O4S. The minimum absolute atomic E-state index is 0.0769. The summed E-state index contributed by atoms with van der Waals surface area (Å²) in [5, 5.41) is 4.49. The van der Waals surface area contributed by atoms with E-state index in [1.165, 1.54) is 4.31 Å². The molecule has 0 atom stereocenters. The summed E-state index contributed by atoms with van der Waals surface area (Å²) in [5.74, 6) is -0.544. The van der Waals surface area contributed by atoms with Crippen molar-refractivity contribution in [3.8, 4) is 5.69 Å². The molecule has 0 amide bonds. The fraction of sp³-hybridized carbons (Fsp3) is 0.238. The van der Waals surface area contributed by atoms with Crippen LogP contribution in [0.4, 0.5) is 0 Å². The molecule has 2 aromatic carbocycles. The topological polar surface area (TPSA) is 81.5 Å². The van der Waals surface area contributed by atoms with Crippen LogP contribution in [0.1, 0.15) is 28.7 Å². The highest BCUT2D eigenvalue weighted by Crippen LogP contribution is 2.29. The molecule has 8 heteroatoms. The fourth-order valence-electron chi connectivity index (χ4n) is 3.49. The van der Waals surface area contributed by atoms with Gasteiger partial charge in [-0.3, -0.25) is 0 Å². The first kappa shape index (κ1) is 19.4. The molecule has 7 nitrogen and oxygen atoms in total. The van der Waals surface area contributed by atoms with E-state index >= 15 is 0 Å². The third-order valence-electron chi connectivity index (χ3n) is 4.87. The number of rotatable bonds is 5. The van der Waals surface area contributed by atoms with Crippen molar-refractivity contribution >= 4 is 16.0 Å². The Morgan fingerprint density at radius 1 is 1.07 bits per heavy atom. The van der Waals surface area contributed by atoms with Gasteiger partial charge in [0, 0.05) is 25.1 Å². The van der Waals surface area contributed by atoms with Gasteiger partial charge < -0.3 is 4.74 Å². The van der Waals surface area contributed by atoms with Crippen molar-refractivity contribution in [2.24, 2.45) is 0 Å². The molecule has 29 heavy (non-hydrogen) atoms. The molecule has 0 unspecified atom stereocenters. The first-order valence-electron chi connectivity index (χ1n) is 9.41. The molecule has 150 valence electrons. The zero-order chi connectivity index (χ0) is 20.4. The molecule has 1 aliphatic heterocycles. The second kappa shape index (κ2) is 7.81. The lowest BCUT2D eigenvalue weighted by Gasteiger charge is -2.27. The number of aromatic nitrogens is 2. The van der Waals surface area contributed by atoms with E-state index in [9.17, 15) is 13.2 Å². The predicted molar refractivity (Wildman–Crippen MR) is 107 cm³/mol. The number of benzene rings is 2. The zero-order valence-electron chi connectivity index (χ0n) is 16.0. The molecule has 1 aromatic heterocycles. The van der Waals surface area contributed by atoms with E-state index in [1.807, 2.05) is 30.3 Å². The van der Waals surface area contributed by atoms with Gasteiger partial charge in [0.15, 0.2) is 5.69 Å². The van der Waals surface area contributed by atoms with Crippen LogP contribution in [-0.2, 0) is 27.7 Å². The maximum Gasteiger partial charge on any atom is 0.359 e. The lowest BCUT2D eigenvalue weighted by atomic mass is 10.1. The maximum absolute atomic E-state index is 13.1. The molecule has 2 heterocycles. The lowest BCUT2D eigenvalue weighted by molar-refractivity contribution is 0.0517. The fourth-order valence-corrected chi connectivity index (χ4v) is 4.92. The highest BCUT2D eigenvalue weighted by molar-refractivity contribution is 7.89. The Labute approximate surface area is 169 Å². The first-order chi connectivity index (χ1) is 14.0. The van der Waals surface area contributed by atoms with Gasteiger partial charge in [-0.05, 0) is 31.2 Å². The van der Waals surface area contributed by atoms with E-state index in [-0.39, 0.29) is 23.7 Å². The van der Waals surface area contributed by atoms with E-state index in [0.717, 1.165) is 11.4 Å². The number of hydrogen-bond acceptors (Lipinski definition) is 5. The van der Waals surface area contributed by atoms with Crippen molar-refractivity contribution < 1.29 is 17.9 Å². The molecule has 3 aromatic rings. The Bertz CT molecular complexity index is 1130. The molecule has 0 aliphatic carbocycles. The summed E-state index contributed by atoms with van der Waals surface area (Å²) < 4.78 is 34.4. The normalized spacial score (nSPS) is 14.4. The van der Waals surface area contributed by atoms with E-state index in [2.05, 4.69) is 5.10 Å². The molecule has 0 fully saturated rings. The first-order valence-corrected chi connectivity index (χ1v) is 10.8. The van der Waals surface area contributed by atoms with Crippen molar-refractivity contribution in [3.05, 3.63) is 77.6 Å². The van der Waals surface area contributed by atoms with Crippen LogP contribution in [0.5, 0.6) is 0 Å². The third kappa shape index (κ3) is 3.56. The Kier molecular flexibility index (Phi) is 5.21. The molecule has 0 radical (unpaired) electrons. The van der Waals surface area contributed by atoms with E-state index in [1.54, 1.807) is 41.9 Å². The van der Waals surface area contributed by atoms with Crippen LogP contribution in [0.3, 0.4) is 0 Å². The van der Waals surface area contributed by atoms with Crippen LogP contribution in [0.15, 0.2) is 65.6 Å². The van der Waals surface area contributed by atoms with Gasteiger partial charge in [0.1, 0.15) is 0 Å². The van der Waals surface area contributed by atoms with E-state index in [4.69, 9.17) is 4.74 Å². The van der Waals surface area contributed by atoms with Gasteiger partial charge in [-0.2, -0.15) is 9.40 Å². The number of para-hydroxylation sites is 1. The van der Waals surface area contributed by atoms with Gasteiger partial charge in [-0.15, -0.1) is 0 Å². The summed E-state index contributed by atoms with van der Waals surface area (Å²) in [5.41, 5.74) is 2.41. The van der Waals surface area contributed by atoms with Crippen LogP contribution in [0, 0.1) is 0 Å². The van der Waals surface area contributed by atoms with Gasteiger partial charge in [0.05, 0.1) is 22.9 Å². The van der Waals surface area contributed by atoms with E-state index in [0.29, 0.717) is 18.5 Å². The number of sulfonamides is 1. The van der Waals surface area contributed by atoms with Crippen molar-refractivity contribution in [1.29, 1.82) is 0 Å². The molecular weight excluding hydrogens is 390 g/mol. The molecule has 0 N–H and O–H groups in total. The van der Waals surface area contributed by atoms with Crippen molar-refractivity contribution in [2.75, 3.05) is 13.2 Å². The highest BCUT2D eigenvalue weighted by atomic mass is 32.2. The van der Waals surface area contributed by atoms with Gasteiger partial charge in [0.25, 0.3) is 0 Å². The van der Waals surface area contributed by atoms with Crippen LogP contribution in [0.2, 0.25) is 0 Å². The summed E-state index contributed by atoms with van der Waals surface area (Å²) in [4.78, 5) is 12.8. The number of esters is 1. The molecule has 0 saturated carbocycles. The Balaban J connectivity index is 1.77. The molecule has 0 saturated heterocycles. The second-order valence-corrected chi connectivity index (χ2v) is 8.58. The minimum atomic E-state index is -3.67. The van der Waals surface area contributed by atoms with Gasteiger partial charge in [0.2, 0.25) is 10.0 Å². The number of ether oxygens (including phenoxy) is 1. The number of carbonyl (C=O) groups is 1. The van der Waals surface area contributed by atoms with Gasteiger partial charge in [-0.1, -0.05) is 36.4 Å². The quantitative estimate of drug-likeness (QED) is 0.603. The van der Waals surface area contributed by atoms with Crippen LogP contribution in [-0.4, -0.2) is 41.6 Å². The number of hydrogen-bond donors (Lipinski definition) is 0. The number of fused-ring (bicyclic) bond motifs is 1. The molecule has 0 bridgehead atoms. The van der Waals surface area contributed by atoms with Crippen molar-refractivity contribution in [2.45, 2.75) is 24.8 Å². The molecule has 1 aliphatic rings. The third-order valence-corrected chi connectivity index (χ3v) is 6.73. The summed E-state index contributed by atoms with van der Waals surface area (Å²) in [6.07, 6.45) is 0.447. The number of carbonyl (C=O) groups excluding carboxylic acids is 1. The Hall–Kier alpha value is -2.97. The summed E-state index contributed by atoms with van der Waals surface area (Å²) in [7, 11) is -3.67. The summed E-state index contributed by atoms with van der Waals surface area (Å²) in [6, 6.07) is 17.8. The Morgan fingerprint density at radius 3 is 2.38 bits per heavy atom. The zero-order valence-corrected chi connectivity index (χ0v) is 16.8. The SMILES string of the molecule is CCOC(=O)c1nn(-c2ccccc2)c2c1CN(S(=O)(=O)c1ccccc1)CC2. The molecule has 0 spiro atoms. The smallest absolute Gasteiger partial charge is 0.359 e. The van der Waals surface area contributed by atoms with Crippen LogP contribution < -0.4 is 0 Å². The largest absolute Gasteiger partial charge is 0.461 e. The van der Waals surface area contributed by atoms with Crippen LogP contribution >= 0.6 is 0 Å². The highest BCUT2D eigenvalue weighted by Gasteiger charge is 2.34. The van der Waals surface area contributed by atoms with Crippen molar-refractivity contribution in [1.82, 2.24) is 14.1 Å². The van der Waals surface area contributed by atoms with E-state index < -0.39 is 16.0 Å². The average molecular weight is 411 g/mol. The number of nitrogens with zero attached hydrogens (tertiary/aromatic N) is 3. The minimum Gasteiger partial charge on any atom is -0.461 e. The standard InChI is InChI=1S/C21H21N3O4S/c1-2-28-21(25)20-18-15-23(29(26,27)17-11-7-4-8-12-17)14-13-19(18)24(22-20)16-9-5-3-6-10-16/h3-12H,2,13-15H2,1H3. The monoisotopic (exact) mass is 411 g/mol. The maximum atomic E-state index is 13.1. The van der Waals surface area contributed by atoms with Gasteiger partial charge >= 0.3 is 5.97 Å². The van der Waals surface area contributed by atoms with Crippen LogP contribution in [0.25, 0.3) is 5.69 Å². The summed E-state index contributed by atoms with van der Waals surface area (Å²) >= 11 is 0. The molecule has 4 rings (SSSR count). The Morgan fingerprint density at radius 2 is 1.72 bits per heavy atom. The second-order valence-electron chi connectivity index (χ2n) is 6.64. The lowest BCUT2D eigenvalue weighted by Crippen LogP contribution is -2.36. The average Bonchev–Trinajstić information content (AvgIpc) is 3.14.